The quantitative estimate of drug-likeness (QED) is 0.878. The number of aryl methyl sites for hydroxylation is 1. The summed E-state index contributed by atoms with van der Waals surface area (Å²) in [5.74, 6) is 2.08. The molecule has 0 saturated heterocycles. The highest BCUT2D eigenvalue weighted by molar-refractivity contribution is 7.19. The van der Waals surface area contributed by atoms with E-state index >= 15 is 0 Å². The number of nitrogens with one attached hydrogen (secondary N) is 1. The number of carbonyl (C=O) groups excluding carboxylic acids is 1. The summed E-state index contributed by atoms with van der Waals surface area (Å²) >= 11 is 1.29. The topological polar surface area (TPSA) is 58.1 Å². The maximum atomic E-state index is 13.3. The van der Waals surface area contributed by atoms with Crippen molar-refractivity contribution in [1.29, 1.82) is 0 Å². The van der Waals surface area contributed by atoms with Gasteiger partial charge in [-0.3, -0.25) is 9.88 Å². The molecule has 1 N–H and O–H groups in total. The summed E-state index contributed by atoms with van der Waals surface area (Å²) in [5, 5.41) is 4.01. The van der Waals surface area contributed by atoms with Crippen LogP contribution in [-0.4, -0.2) is 28.6 Å². The molecule has 0 aromatic carbocycles. The summed E-state index contributed by atoms with van der Waals surface area (Å²) in [6.07, 6.45) is 8.05. The van der Waals surface area contributed by atoms with Crippen LogP contribution in [0.3, 0.4) is 0 Å². The molecule has 0 aliphatic rings. The Morgan fingerprint density at radius 2 is 2.17 bits per heavy atom. The lowest BCUT2D eigenvalue weighted by molar-refractivity contribution is 0.242. The van der Waals surface area contributed by atoms with Crippen molar-refractivity contribution in [3.8, 4) is 22.9 Å². The van der Waals surface area contributed by atoms with Gasteiger partial charge in [-0.2, -0.15) is 0 Å². The van der Waals surface area contributed by atoms with Gasteiger partial charge in [-0.15, -0.1) is 6.42 Å². The second-order valence-corrected chi connectivity index (χ2v) is 6.54. The molecule has 7 heteroatoms. The number of hydrogen-bond donors (Lipinski definition) is 1. The second-order valence-electron chi connectivity index (χ2n) is 5.56. The highest BCUT2D eigenvalue weighted by Crippen LogP contribution is 2.33. The van der Waals surface area contributed by atoms with Crippen LogP contribution in [0.4, 0.5) is 14.2 Å². The third-order valence-electron chi connectivity index (χ3n) is 3.11. The molecule has 23 heavy (non-hydrogen) atoms. The molecule has 0 radical (unpaired) electrons. The molecule has 0 fully saturated rings. The maximum absolute atomic E-state index is 13.3. The first-order valence-corrected chi connectivity index (χ1v) is 7.67. The van der Waals surface area contributed by atoms with Crippen LogP contribution in [0.15, 0.2) is 18.5 Å². The van der Waals surface area contributed by atoms with Crippen LogP contribution in [0.1, 0.15) is 19.5 Å². The number of halogens is 1. The first kappa shape index (κ1) is 16.9. The van der Waals surface area contributed by atoms with Gasteiger partial charge in [0.15, 0.2) is 0 Å². The van der Waals surface area contributed by atoms with Gasteiger partial charge in [-0.1, -0.05) is 17.3 Å². The average Bonchev–Trinajstić information content (AvgIpc) is 2.88. The molecule has 120 valence electrons. The normalized spacial score (nSPS) is 11.0. The Kier molecular flexibility index (Phi) is 4.66. The zero-order valence-electron chi connectivity index (χ0n) is 13.3. The molecule has 2 rings (SSSR count). The average molecular weight is 332 g/mol. The number of nitrogens with zero attached hydrogens (tertiary/aromatic N) is 3. The summed E-state index contributed by atoms with van der Waals surface area (Å²) in [6, 6.07) is 1.03. The van der Waals surface area contributed by atoms with Crippen molar-refractivity contribution in [1.82, 2.24) is 15.3 Å². The summed E-state index contributed by atoms with van der Waals surface area (Å²) in [5.41, 5.74) is 0.492. The van der Waals surface area contributed by atoms with Gasteiger partial charge in [0.2, 0.25) is 0 Å². The minimum atomic E-state index is -0.751. The van der Waals surface area contributed by atoms with E-state index in [9.17, 15) is 9.18 Å². The number of pyridine rings is 1. The third-order valence-corrected chi connectivity index (χ3v) is 4.40. The number of urea groups is 1. The van der Waals surface area contributed by atoms with Gasteiger partial charge in [0.1, 0.15) is 15.8 Å². The van der Waals surface area contributed by atoms with E-state index in [1.165, 1.54) is 28.5 Å². The van der Waals surface area contributed by atoms with Crippen molar-refractivity contribution >= 4 is 22.4 Å². The number of hydrogen-bond acceptors (Lipinski definition) is 4. The molecular formula is C16H17FN4OS. The van der Waals surface area contributed by atoms with Gasteiger partial charge in [-0.25, -0.2) is 14.2 Å². The Morgan fingerprint density at radius 3 is 2.78 bits per heavy atom. The number of carbonyl (C=O) groups is 1. The molecule has 0 aliphatic carbocycles. The zero-order valence-corrected chi connectivity index (χ0v) is 14.2. The molecular weight excluding hydrogens is 315 g/mol. The number of thiazole rings is 1. The fraction of sp³-hybridized carbons (Fsp3) is 0.312. The van der Waals surface area contributed by atoms with Crippen molar-refractivity contribution < 1.29 is 9.18 Å². The fourth-order valence-corrected chi connectivity index (χ4v) is 2.84. The second kappa shape index (κ2) is 6.34. The van der Waals surface area contributed by atoms with Gasteiger partial charge in [0, 0.05) is 18.8 Å². The largest absolute Gasteiger partial charge is 0.323 e. The molecule has 0 spiro atoms. The molecule has 0 unspecified atom stereocenters. The highest BCUT2D eigenvalue weighted by Gasteiger charge is 2.23. The lowest BCUT2D eigenvalue weighted by Gasteiger charge is -2.24. The maximum Gasteiger partial charge on any atom is 0.323 e. The van der Waals surface area contributed by atoms with Crippen LogP contribution < -0.4 is 10.2 Å². The van der Waals surface area contributed by atoms with Crippen LogP contribution >= 0.6 is 11.3 Å². The van der Waals surface area contributed by atoms with E-state index in [-0.39, 0.29) is 6.03 Å². The first-order valence-electron chi connectivity index (χ1n) is 6.85. The number of terminal acetylenes is 1. The lowest BCUT2D eigenvalue weighted by Crippen LogP contribution is -2.48. The molecule has 2 heterocycles. The molecule has 0 bridgehead atoms. The van der Waals surface area contributed by atoms with Crippen LogP contribution in [0.25, 0.3) is 10.6 Å². The minimum Gasteiger partial charge on any atom is -0.322 e. The van der Waals surface area contributed by atoms with Crippen molar-refractivity contribution in [2.75, 3.05) is 11.9 Å². The SMILES string of the molecule is C#CC(C)(C)NC(=O)N(C)c1sc(-c2cncc(F)c2)nc1C. The Labute approximate surface area is 138 Å². The van der Waals surface area contributed by atoms with Gasteiger partial charge in [0.25, 0.3) is 0 Å². The molecule has 0 saturated carbocycles. The molecule has 2 aromatic rings. The van der Waals surface area contributed by atoms with Gasteiger partial charge < -0.3 is 5.32 Å². The number of anilines is 1. The molecule has 0 atom stereocenters. The Hall–Kier alpha value is -2.46. The number of aromatic nitrogens is 2. The predicted molar refractivity (Wildman–Crippen MR) is 89.9 cm³/mol. The van der Waals surface area contributed by atoms with E-state index in [1.54, 1.807) is 27.8 Å². The summed E-state index contributed by atoms with van der Waals surface area (Å²) in [4.78, 5) is 22.0. The Morgan fingerprint density at radius 1 is 1.48 bits per heavy atom. The van der Waals surface area contributed by atoms with E-state index in [1.807, 2.05) is 0 Å². The number of rotatable bonds is 3. The summed E-state index contributed by atoms with van der Waals surface area (Å²) in [7, 11) is 1.63. The van der Waals surface area contributed by atoms with Crippen molar-refractivity contribution in [2.24, 2.45) is 0 Å². The Balaban J connectivity index is 2.28. The van der Waals surface area contributed by atoms with E-state index in [4.69, 9.17) is 6.42 Å². The molecule has 5 nitrogen and oxygen atoms in total. The monoisotopic (exact) mass is 332 g/mol. The van der Waals surface area contributed by atoms with E-state index in [0.717, 1.165) is 6.20 Å². The summed E-state index contributed by atoms with van der Waals surface area (Å²) < 4.78 is 13.3. The van der Waals surface area contributed by atoms with Crippen LogP contribution in [0.2, 0.25) is 0 Å². The number of amides is 2. The molecule has 0 aliphatic heterocycles. The molecule has 2 amide bonds. The van der Waals surface area contributed by atoms with Crippen molar-refractivity contribution in [3.63, 3.8) is 0 Å². The van der Waals surface area contributed by atoms with Crippen molar-refractivity contribution in [3.05, 3.63) is 30.0 Å². The van der Waals surface area contributed by atoms with E-state index < -0.39 is 11.4 Å². The summed E-state index contributed by atoms with van der Waals surface area (Å²) in [6.45, 7) is 5.27. The fourth-order valence-electron chi connectivity index (χ4n) is 1.83. The lowest BCUT2D eigenvalue weighted by atomic mass is 10.1. The van der Waals surface area contributed by atoms with E-state index in [0.29, 0.717) is 21.3 Å². The first-order chi connectivity index (χ1) is 10.7. The van der Waals surface area contributed by atoms with Crippen LogP contribution in [0.5, 0.6) is 0 Å². The third kappa shape index (κ3) is 3.85. The smallest absolute Gasteiger partial charge is 0.322 e. The minimum absolute atomic E-state index is 0.330. The standard InChI is InChI=1S/C16H17FN4OS/c1-6-16(3,4)20-15(22)21(5)14-10(2)19-13(23-14)11-7-12(17)9-18-8-11/h1,7-9H,2-5H3,(H,20,22). The zero-order chi connectivity index (χ0) is 17.2. The molecule has 2 aromatic heterocycles. The van der Waals surface area contributed by atoms with Crippen molar-refractivity contribution in [2.45, 2.75) is 26.3 Å². The van der Waals surface area contributed by atoms with Crippen LogP contribution in [0, 0.1) is 25.1 Å². The van der Waals surface area contributed by atoms with E-state index in [2.05, 4.69) is 21.2 Å². The van der Waals surface area contributed by atoms with Gasteiger partial charge in [0.05, 0.1) is 17.4 Å². The van der Waals surface area contributed by atoms with Crippen LogP contribution in [-0.2, 0) is 0 Å². The van der Waals surface area contributed by atoms with Gasteiger partial charge >= 0.3 is 6.03 Å². The highest BCUT2D eigenvalue weighted by atomic mass is 32.1. The van der Waals surface area contributed by atoms with Gasteiger partial charge in [-0.05, 0) is 26.8 Å². The Bertz CT molecular complexity index is 779. The predicted octanol–water partition coefficient (Wildman–Crippen LogP) is 3.21.